The molecule has 0 radical (unpaired) electrons. The Kier molecular flexibility index (Phi) is 4.10. The molecule has 0 saturated heterocycles. The van der Waals surface area contributed by atoms with Gasteiger partial charge in [-0.2, -0.15) is 0 Å². The van der Waals surface area contributed by atoms with Gasteiger partial charge in [-0.05, 0) is 43.3 Å². The zero-order valence-corrected chi connectivity index (χ0v) is 10.8. The smallest absolute Gasteiger partial charge is 0.255 e. The van der Waals surface area contributed by atoms with Crippen LogP contribution in [0.25, 0.3) is 0 Å². The van der Waals surface area contributed by atoms with E-state index in [0.717, 1.165) is 0 Å². The molecule has 0 atom stereocenters. The molecule has 2 aromatic carbocycles. The average molecular weight is 272 g/mol. The molecule has 4 nitrogen and oxygen atoms in total. The van der Waals surface area contributed by atoms with Gasteiger partial charge >= 0.3 is 0 Å². The monoisotopic (exact) mass is 272 g/mol. The summed E-state index contributed by atoms with van der Waals surface area (Å²) in [4.78, 5) is 12.0. The molecule has 20 heavy (non-hydrogen) atoms. The van der Waals surface area contributed by atoms with Gasteiger partial charge in [0.1, 0.15) is 5.82 Å². The number of carbonyl (C=O) groups excluding carboxylic acids is 1. The highest BCUT2D eigenvalue weighted by molar-refractivity contribution is 6.05. The molecular formula is C15H13FN2O2. The fourth-order valence-electron chi connectivity index (χ4n) is 1.68. The quantitative estimate of drug-likeness (QED) is 0.511. The molecule has 0 aromatic heterocycles. The molecule has 5 heteroatoms. The van der Waals surface area contributed by atoms with Crippen molar-refractivity contribution in [1.29, 1.82) is 0 Å². The van der Waals surface area contributed by atoms with Gasteiger partial charge < -0.3 is 10.5 Å². The van der Waals surface area contributed by atoms with Gasteiger partial charge in [0, 0.05) is 16.8 Å². The van der Waals surface area contributed by atoms with E-state index in [4.69, 9.17) is 5.21 Å². The Bertz CT molecular complexity index is 651. The van der Waals surface area contributed by atoms with E-state index in [1.54, 1.807) is 31.2 Å². The molecule has 1 amide bonds. The molecule has 102 valence electrons. The molecule has 2 aromatic rings. The minimum atomic E-state index is -0.390. The van der Waals surface area contributed by atoms with Crippen LogP contribution in [0.5, 0.6) is 0 Å². The second kappa shape index (κ2) is 5.97. The number of amides is 1. The minimum Gasteiger partial charge on any atom is -0.411 e. The first-order valence-corrected chi connectivity index (χ1v) is 5.96. The Labute approximate surface area is 115 Å². The molecule has 0 unspecified atom stereocenters. The molecule has 0 bridgehead atoms. The average Bonchev–Trinajstić information content (AvgIpc) is 2.47. The topological polar surface area (TPSA) is 61.7 Å². The summed E-state index contributed by atoms with van der Waals surface area (Å²) < 4.78 is 12.8. The van der Waals surface area contributed by atoms with Gasteiger partial charge in [-0.1, -0.05) is 17.3 Å². The maximum atomic E-state index is 12.8. The lowest BCUT2D eigenvalue weighted by atomic mass is 10.1. The molecular weight excluding hydrogens is 259 g/mol. The Hall–Kier alpha value is -2.69. The molecule has 0 saturated carbocycles. The number of benzene rings is 2. The van der Waals surface area contributed by atoms with Crippen molar-refractivity contribution >= 4 is 17.3 Å². The van der Waals surface area contributed by atoms with Crippen LogP contribution in [-0.4, -0.2) is 16.8 Å². The van der Waals surface area contributed by atoms with Crippen LogP contribution in [-0.2, 0) is 0 Å². The summed E-state index contributed by atoms with van der Waals surface area (Å²) in [6, 6.07) is 12.2. The number of carbonyl (C=O) groups is 1. The zero-order chi connectivity index (χ0) is 14.5. The summed E-state index contributed by atoms with van der Waals surface area (Å²) in [6.45, 7) is 1.65. The van der Waals surface area contributed by atoms with Crippen LogP contribution in [0, 0.1) is 5.82 Å². The first-order chi connectivity index (χ1) is 9.60. The molecule has 2 N–H and O–H groups in total. The van der Waals surface area contributed by atoms with E-state index in [1.165, 1.54) is 24.3 Å². The molecule has 0 aliphatic heterocycles. The number of nitrogens with one attached hydrogen (secondary N) is 1. The number of oxime groups is 1. The van der Waals surface area contributed by atoms with E-state index in [2.05, 4.69) is 10.5 Å². The SMILES string of the molecule is C/C(=N\O)c1cccc(NC(=O)c2ccc(F)cc2)c1. The van der Waals surface area contributed by atoms with Crippen molar-refractivity contribution in [3.8, 4) is 0 Å². The third kappa shape index (κ3) is 3.20. The standard InChI is InChI=1S/C15H13FN2O2/c1-10(18-20)12-3-2-4-14(9-12)17-15(19)11-5-7-13(16)8-6-11/h2-9,20H,1H3,(H,17,19)/b18-10+. The summed E-state index contributed by atoms with van der Waals surface area (Å²) in [5, 5.41) is 14.5. The van der Waals surface area contributed by atoms with Crippen molar-refractivity contribution in [3.63, 3.8) is 0 Å². The molecule has 2 rings (SSSR count). The number of rotatable bonds is 3. The van der Waals surface area contributed by atoms with Crippen molar-refractivity contribution in [2.45, 2.75) is 6.92 Å². The number of anilines is 1. The molecule has 0 spiro atoms. The van der Waals surface area contributed by atoms with Crippen molar-refractivity contribution in [2.24, 2.45) is 5.16 Å². The van der Waals surface area contributed by atoms with Gasteiger partial charge in [0.2, 0.25) is 0 Å². The fourth-order valence-corrected chi connectivity index (χ4v) is 1.68. The van der Waals surface area contributed by atoms with Gasteiger partial charge in [0.05, 0.1) is 5.71 Å². The van der Waals surface area contributed by atoms with E-state index in [-0.39, 0.29) is 5.91 Å². The third-order valence-electron chi connectivity index (χ3n) is 2.79. The summed E-state index contributed by atoms with van der Waals surface area (Å²) in [7, 11) is 0. The van der Waals surface area contributed by atoms with Crippen LogP contribution in [0.3, 0.4) is 0 Å². The predicted octanol–water partition coefficient (Wildman–Crippen LogP) is 3.28. The molecule has 0 aliphatic carbocycles. The first-order valence-electron chi connectivity index (χ1n) is 5.96. The fraction of sp³-hybridized carbons (Fsp3) is 0.0667. The molecule has 0 heterocycles. The third-order valence-corrected chi connectivity index (χ3v) is 2.79. The Morgan fingerprint density at radius 1 is 1.15 bits per heavy atom. The maximum absolute atomic E-state index is 12.8. The normalized spacial score (nSPS) is 11.2. The lowest BCUT2D eigenvalue weighted by Crippen LogP contribution is -2.12. The van der Waals surface area contributed by atoms with Gasteiger partial charge in [-0.25, -0.2) is 4.39 Å². The van der Waals surface area contributed by atoms with Gasteiger partial charge in [0.25, 0.3) is 5.91 Å². The number of halogens is 1. The predicted molar refractivity (Wildman–Crippen MR) is 74.8 cm³/mol. The van der Waals surface area contributed by atoms with Crippen molar-refractivity contribution in [2.75, 3.05) is 5.32 Å². The van der Waals surface area contributed by atoms with E-state index >= 15 is 0 Å². The Morgan fingerprint density at radius 2 is 1.85 bits per heavy atom. The maximum Gasteiger partial charge on any atom is 0.255 e. The van der Waals surface area contributed by atoms with E-state index < -0.39 is 5.82 Å². The Balaban J connectivity index is 2.17. The lowest BCUT2D eigenvalue weighted by molar-refractivity contribution is 0.102. The highest BCUT2D eigenvalue weighted by atomic mass is 19.1. The van der Waals surface area contributed by atoms with E-state index in [0.29, 0.717) is 22.5 Å². The van der Waals surface area contributed by atoms with E-state index in [1.807, 2.05) is 0 Å². The minimum absolute atomic E-state index is 0.333. The summed E-state index contributed by atoms with van der Waals surface area (Å²) in [5.41, 5.74) is 2.08. The highest BCUT2D eigenvalue weighted by Gasteiger charge is 2.07. The van der Waals surface area contributed by atoms with Crippen LogP contribution in [0.4, 0.5) is 10.1 Å². The number of hydrogen-bond donors (Lipinski definition) is 2. The molecule has 0 fully saturated rings. The molecule has 0 aliphatic rings. The second-order valence-electron chi connectivity index (χ2n) is 4.23. The number of nitrogens with zero attached hydrogens (tertiary/aromatic N) is 1. The second-order valence-corrected chi connectivity index (χ2v) is 4.23. The van der Waals surface area contributed by atoms with Gasteiger partial charge in [0.15, 0.2) is 0 Å². The summed E-state index contributed by atoms with van der Waals surface area (Å²) in [5.74, 6) is -0.723. The summed E-state index contributed by atoms with van der Waals surface area (Å²) >= 11 is 0. The van der Waals surface area contributed by atoms with E-state index in [9.17, 15) is 9.18 Å². The van der Waals surface area contributed by atoms with Crippen molar-refractivity contribution in [1.82, 2.24) is 0 Å². The van der Waals surface area contributed by atoms with Gasteiger partial charge in [-0.3, -0.25) is 4.79 Å². The van der Waals surface area contributed by atoms with Crippen LogP contribution in [0.1, 0.15) is 22.8 Å². The largest absolute Gasteiger partial charge is 0.411 e. The van der Waals surface area contributed by atoms with Crippen molar-refractivity contribution in [3.05, 3.63) is 65.5 Å². The first kappa shape index (κ1) is 13.7. The number of hydrogen-bond acceptors (Lipinski definition) is 3. The lowest BCUT2D eigenvalue weighted by Gasteiger charge is -2.07. The Morgan fingerprint density at radius 3 is 2.50 bits per heavy atom. The van der Waals surface area contributed by atoms with Crippen LogP contribution in [0.15, 0.2) is 53.7 Å². The highest BCUT2D eigenvalue weighted by Crippen LogP contribution is 2.13. The summed E-state index contributed by atoms with van der Waals surface area (Å²) in [6.07, 6.45) is 0. The van der Waals surface area contributed by atoms with Crippen molar-refractivity contribution < 1.29 is 14.4 Å². The van der Waals surface area contributed by atoms with Crippen LogP contribution < -0.4 is 5.32 Å². The van der Waals surface area contributed by atoms with Crippen LogP contribution in [0.2, 0.25) is 0 Å². The van der Waals surface area contributed by atoms with Crippen LogP contribution >= 0.6 is 0 Å². The van der Waals surface area contributed by atoms with Gasteiger partial charge in [-0.15, -0.1) is 0 Å². The zero-order valence-electron chi connectivity index (χ0n) is 10.8.